The molecule has 1 N–H and O–H groups in total. The number of hydrogen-bond acceptors (Lipinski definition) is 3. The summed E-state index contributed by atoms with van der Waals surface area (Å²) in [4.78, 5) is 10.6. The summed E-state index contributed by atoms with van der Waals surface area (Å²) in [5.41, 5.74) is 12.9. The predicted molar refractivity (Wildman–Crippen MR) is 192 cm³/mol. The van der Waals surface area contributed by atoms with Gasteiger partial charge in [0.05, 0.1) is 0 Å². The molecular weight excluding hydrogens is 571 g/mol. The summed E-state index contributed by atoms with van der Waals surface area (Å²) in [6.07, 6.45) is 15.3. The Kier molecular flexibility index (Phi) is 6.68. The van der Waals surface area contributed by atoms with Crippen LogP contribution in [0.2, 0.25) is 0 Å². The second-order valence-corrected chi connectivity index (χ2v) is 14.0. The van der Waals surface area contributed by atoms with Crippen molar-refractivity contribution in [2.75, 3.05) is 0 Å². The van der Waals surface area contributed by atoms with E-state index in [1.165, 1.54) is 59.1 Å². The first-order valence-electron chi connectivity index (χ1n) is 17.3. The van der Waals surface area contributed by atoms with Crippen molar-refractivity contribution < 1.29 is 0 Å². The minimum absolute atomic E-state index is 0.222. The van der Waals surface area contributed by atoms with Crippen molar-refractivity contribution in [3.63, 3.8) is 0 Å². The Balaban J connectivity index is 1.31. The summed E-state index contributed by atoms with van der Waals surface area (Å²) >= 11 is 0. The van der Waals surface area contributed by atoms with Crippen molar-refractivity contribution >= 4 is 17.7 Å². The summed E-state index contributed by atoms with van der Waals surface area (Å²) in [6, 6.07) is 37.3. The third-order valence-corrected chi connectivity index (χ3v) is 11.3. The average Bonchev–Trinajstić information content (AvgIpc) is 3.32. The van der Waals surface area contributed by atoms with Crippen LogP contribution in [0, 0.1) is 30.9 Å². The van der Waals surface area contributed by atoms with Crippen LogP contribution in [0.1, 0.15) is 95.6 Å². The van der Waals surface area contributed by atoms with Crippen molar-refractivity contribution in [2.24, 2.45) is 21.8 Å². The zero-order valence-corrected chi connectivity index (χ0v) is 27.1. The molecule has 5 atom stereocenters. The Morgan fingerprint density at radius 2 is 1.68 bits per heavy atom. The van der Waals surface area contributed by atoms with Crippen molar-refractivity contribution in [1.29, 1.82) is 0 Å². The molecule has 0 radical (unpaired) electrons. The fourth-order valence-corrected chi connectivity index (χ4v) is 9.32. The highest BCUT2D eigenvalue weighted by molar-refractivity contribution is 6.13. The highest BCUT2D eigenvalue weighted by Crippen LogP contribution is 2.65. The summed E-state index contributed by atoms with van der Waals surface area (Å²) in [7, 11) is 0. The largest absolute Gasteiger partial charge is 0.344 e. The SMILES string of the molecule is Cc1cc2c(cc1C1=NC(c3ccccc3)NC(c3ccccc3)=N1)[C@]1(C3=C(C=Cc4c#cccc41)C=CC(C)C3)C1CCCCC21. The molecule has 1 fully saturated rings. The molecule has 47 heavy (non-hydrogen) atoms. The molecule has 1 spiro atoms. The van der Waals surface area contributed by atoms with E-state index in [4.69, 9.17) is 9.98 Å². The molecule has 230 valence electrons. The first kappa shape index (κ1) is 28.3. The van der Waals surface area contributed by atoms with Gasteiger partial charge in [-0.05, 0) is 107 Å². The van der Waals surface area contributed by atoms with E-state index < -0.39 is 0 Å². The number of hydrogen-bond donors (Lipinski definition) is 1. The zero-order chi connectivity index (χ0) is 31.5. The van der Waals surface area contributed by atoms with Gasteiger partial charge in [-0.3, -0.25) is 0 Å². The van der Waals surface area contributed by atoms with E-state index in [0.29, 0.717) is 17.8 Å². The fraction of sp³-hybridized carbons (Fsp3) is 0.273. The third kappa shape index (κ3) is 4.42. The van der Waals surface area contributed by atoms with E-state index in [-0.39, 0.29) is 11.6 Å². The van der Waals surface area contributed by atoms with Gasteiger partial charge in [-0.1, -0.05) is 117 Å². The molecule has 4 aliphatic carbocycles. The van der Waals surface area contributed by atoms with E-state index in [9.17, 15) is 0 Å². The smallest absolute Gasteiger partial charge is 0.159 e. The molecule has 0 saturated heterocycles. The summed E-state index contributed by atoms with van der Waals surface area (Å²) < 4.78 is 0. The molecular formula is C44H39N3. The van der Waals surface area contributed by atoms with E-state index in [2.05, 4.69) is 141 Å². The molecule has 1 saturated carbocycles. The van der Waals surface area contributed by atoms with Gasteiger partial charge >= 0.3 is 0 Å². The van der Waals surface area contributed by atoms with E-state index in [0.717, 1.165) is 34.8 Å². The molecule has 4 aromatic carbocycles. The molecule has 4 aromatic rings. The first-order chi connectivity index (χ1) is 23.1. The van der Waals surface area contributed by atoms with Crippen LogP contribution in [0.15, 0.2) is 124 Å². The highest BCUT2D eigenvalue weighted by atomic mass is 15.2. The van der Waals surface area contributed by atoms with Gasteiger partial charge in [0.15, 0.2) is 5.84 Å². The number of benzene rings is 3. The van der Waals surface area contributed by atoms with Crippen LogP contribution in [-0.4, -0.2) is 11.7 Å². The standard InChI is InChI=1S/C44H39N3/c1-28-21-22-31-24-23-30-13-9-11-19-37(30)44(39(31)25-28)38-20-12-10-18-34(38)36-26-29(2)35(27-40(36)44)43-46-41(32-14-5-3-6-15-32)45-42(47-43)33-16-7-4-8-17-33/h3-8,11,14-17,19,21-24,26-28,34,38,41H,10,12,18,20,25H2,1-2H3,(H,45,46,47)/t28?,34?,38?,41?,44-/m0/s1. The quantitative estimate of drug-likeness (QED) is 0.247. The van der Waals surface area contributed by atoms with Crippen LogP contribution in [0.5, 0.6) is 0 Å². The lowest BCUT2D eigenvalue weighted by Gasteiger charge is -2.45. The Labute approximate surface area is 278 Å². The van der Waals surface area contributed by atoms with Crippen LogP contribution >= 0.6 is 0 Å². The van der Waals surface area contributed by atoms with Gasteiger partial charge in [-0.2, -0.15) is 0 Å². The number of aryl methyl sites for hydroxylation is 1. The van der Waals surface area contributed by atoms with Crippen molar-refractivity contribution in [1.82, 2.24) is 5.32 Å². The molecule has 3 heteroatoms. The lowest BCUT2D eigenvalue weighted by molar-refractivity contribution is 0.253. The van der Waals surface area contributed by atoms with Crippen LogP contribution in [0.4, 0.5) is 0 Å². The molecule has 1 heterocycles. The van der Waals surface area contributed by atoms with Gasteiger partial charge in [-0.15, -0.1) is 0 Å². The van der Waals surface area contributed by atoms with E-state index >= 15 is 0 Å². The van der Waals surface area contributed by atoms with Crippen LogP contribution in [0.25, 0.3) is 6.08 Å². The summed E-state index contributed by atoms with van der Waals surface area (Å²) in [5, 5.41) is 3.65. The minimum atomic E-state index is -0.227. The molecule has 0 amide bonds. The van der Waals surface area contributed by atoms with E-state index in [1.807, 2.05) is 0 Å². The van der Waals surface area contributed by atoms with Gasteiger partial charge in [-0.25, -0.2) is 9.98 Å². The molecule has 9 rings (SSSR count). The second-order valence-electron chi connectivity index (χ2n) is 14.0. The number of rotatable bonds is 3. The molecule has 1 aliphatic heterocycles. The number of amidine groups is 2. The monoisotopic (exact) mass is 609 g/mol. The normalized spacial score (nSPS) is 27.0. The summed E-state index contributed by atoms with van der Waals surface area (Å²) in [6.45, 7) is 4.64. The van der Waals surface area contributed by atoms with Crippen LogP contribution < -0.4 is 5.32 Å². The fourth-order valence-electron chi connectivity index (χ4n) is 9.32. The van der Waals surface area contributed by atoms with E-state index in [1.54, 1.807) is 5.57 Å². The lowest BCUT2D eigenvalue weighted by Crippen LogP contribution is -2.39. The van der Waals surface area contributed by atoms with Gasteiger partial charge in [0.1, 0.15) is 12.0 Å². The number of fused-ring (bicyclic) bond motifs is 8. The summed E-state index contributed by atoms with van der Waals surface area (Å²) in [5.74, 6) is 3.20. The molecule has 5 aliphatic rings. The number of nitrogens with one attached hydrogen (secondary N) is 1. The molecule has 0 bridgehead atoms. The zero-order valence-electron chi connectivity index (χ0n) is 27.1. The second kappa shape index (κ2) is 11.1. The average molecular weight is 610 g/mol. The predicted octanol–water partition coefficient (Wildman–Crippen LogP) is 9.58. The van der Waals surface area contributed by atoms with Crippen molar-refractivity contribution in [2.45, 2.75) is 63.5 Å². The maximum atomic E-state index is 5.34. The first-order valence-corrected chi connectivity index (χ1v) is 17.3. The van der Waals surface area contributed by atoms with Gasteiger partial charge in [0, 0.05) is 22.1 Å². The minimum Gasteiger partial charge on any atom is -0.344 e. The van der Waals surface area contributed by atoms with Gasteiger partial charge < -0.3 is 5.32 Å². The number of allylic oxidation sites excluding steroid dienone is 5. The maximum Gasteiger partial charge on any atom is 0.159 e. The topological polar surface area (TPSA) is 36.8 Å². The Morgan fingerprint density at radius 1 is 0.872 bits per heavy atom. The Morgan fingerprint density at radius 3 is 2.53 bits per heavy atom. The van der Waals surface area contributed by atoms with Gasteiger partial charge in [0.2, 0.25) is 0 Å². The molecule has 0 aromatic heterocycles. The van der Waals surface area contributed by atoms with Crippen LogP contribution in [0.3, 0.4) is 0 Å². The molecule has 3 nitrogen and oxygen atoms in total. The van der Waals surface area contributed by atoms with Gasteiger partial charge in [0.25, 0.3) is 0 Å². The highest BCUT2D eigenvalue weighted by Gasteiger charge is 2.57. The molecule has 4 unspecified atom stereocenters. The number of nitrogens with zero attached hydrogens (tertiary/aromatic N) is 2. The van der Waals surface area contributed by atoms with Crippen LogP contribution in [-0.2, 0) is 5.41 Å². The van der Waals surface area contributed by atoms with Crippen molar-refractivity contribution in [3.05, 3.63) is 171 Å². The third-order valence-electron chi connectivity index (χ3n) is 11.3. The lowest BCUT2D eigenvalue weighted by atomic mass is 9.57. The maximum absolute atomic E-state index is 5.34. The number of aliphatic imine (C=N–C) groups is 2. The Hall–Kier alpha value is -4.94. The van der Waals surface area contributed by atoms with Crippen molar-refractivity contribution in [3.8, 4) is 0 Å². The Bertz CT molecular complexity index is 2030.